The molecule has 0 aromatic heterocycles. The smallest absolute Gasteiger partial charge is 0.328 e. The highest BCUT2D eigenvalue weighted by molar-refractivity contribution is 6.31. The summed E-state index contributed by atoms with van der Waals surface area (Å²) in [5, 5.41) is 0.561. The van der Waals surface area contributed by atoms with Crippen LogP contribution < -0.4 is 0 Å². The van der Waals surface area contributed by atoms with Gasteiger partial charge in [0.05, 0.1) is 6.61 Å². The summed E-state index contributed by atoms with van der Waals surface area (Å²) in [4.78, 5) is 26.4. The molecule has 1 aliphatic heterocycles. The first kappa shape index (κ1) is 15.8. The summed E-state index contributed by atoms with van der Waals surface area (Å²) >= 11 is 6.08. The SMILES string of the molecule is CCOC(=O)C1CCCCN1C(=O)c1cccc(Cl)c1C. The normalized spacial score (nSPS) is 18.4. The van der Waals surface area contributed by atoms with Gasteiger partial charge in [0.15, 0.2) is 0 Å². The van der Waals surface area contributed by atoms with Crippen LogP contribution in [0.3, 0.4) is 0 Å². The van der Waals surface area contributed by atoms with Crippen LogP contribution in [0, 0.1) is 6.92 Å². The fourth-order valence-corrected chi connectivity index (χ4v) is 2.83. The van der Waals surface area contributed by atoms with Crippen molar-refractivity contribution in [1.29, 1.82) is 0 Å². The van der Waals surface area contributed by atoms with E-state index in [1.165, 1.54) is 0 Å². The number of ether oxygens (including phenoxy) is 1. The maximum absolute atomic E-state index is 12.8. The topological polar surface area (TPSA) is 46.6 Å². The highest BCUT2D eigenvalue weighted by Crippen LogP contribution is 2.25. The molecule has 1 saturated heterocycles. The predicted molar refractivity (Wildman–Crippen MR) is 81.5 cm³/mol. The number of nitrogens with zero attached hydrogens (tertiary/aromatic N) is 1. The van der Waals surface area contributed by atoms with E-state index >= 15 is 0 Å². The molecule has 1 aromatic rings. The molecule has 4 nitrogen and oxygen atoms in total. The number of rotatable bonds is 3. The minimum absolute atomic E-state index is 0.146. The highest BCUT2D eigenvalue weighted by atomic mass is 35.5. The number of carbonyl (C=O) groups is 2. The fourth-order valence-electron chi connectivity index (χ4n) is 2.65. The number of halogens is 1. The van der Waals surface area contributed by atoms with Crippen molar-refractivity contribution >= 4 is 23.5 Å². The molecule has 0 radical (unpaired) electrons. The average Bonchev–Trinajstić information content (AvgIpc) is 2.49. The monoisotopic (exact) mass is 309 g/mol. The Labute approximate surface area is 130 Å². The standard InChI is InChI=1S/C16H20ClNO3/c1-3-21-16(20)14-9-4-5-10-18(14)15(19)12-7-6-8-13(17)11(12)2/h6-8,14H,3-5,9-10H2,1-2H3. The van der Waals surface area contributed by atoms with Crippen molar-refractivity contribution in [2.75, 3.05) is 13.2 Å². The van der Waals surface area contributed by atoms with Crippen LogP contribution in [0.15, 0.2) is 18.2 Å². The molecule has 1 aromatic carbocycles. The van der Waals surface area contributed by atoms with Gasteiger partial charge in [-0.05, 0) is 50.8 Å². The van der Waals surface area contributed by atoms with Gasteiger partial charge in [-0.3, -0.25) is 4.79 Å². The van der Waals surface area contributed by atoms with Crippen LogP contribution in [0.5, 0.6) is 0 Å². The van der Waals surface area contributed by atoms with Crippen molar-refractivity contribution in [3.8, 4) is 0 Å². The molecule has 114 valence electrons. The third-order valence-electron chi connectivity index (χ3n) is 3.82. The van der Waals surface area contributed by atoms with Crippen molar-refractivity contribution in [3.63, 3.8) is 0 Å². The van der Waals surface area contributed by atoms with E-state index in [1.54, 1.807) is 30.0 Å². The summed E-state index contributed by atoms with van der Waals surface area (Å²) in [6, 6.07) is 4.78. The summed E-state index contributed by atoms with van der Waals surface area (Å²) in [7, 11) is 0. The summed E-state index contributed by atoms with van der Waals surface area (Å²) in [6.45, 7) is 4.49. The van der Waals surface area contributed by atoms with Gasteiger partial charge in [-0.2, -0.15) is 0 Å². The molecule has 21 heavy (non-hydrogen) atoms. The predicted octanol–water partition coefficient (Wildman–Crippen LogP) is 3.21. The fraction of sp³-hybridized carbons (Fsp3) is 0.500. The van der Waals surface area contributed by atoms with Crippen molar-refractivity contribution in [3.05, 3.63) is 34.3 Å². The second-order valence-corrected chi connectivity index (χ2v) is 5.58. The lowest BCUT2D eigenvalue weighted by Gasteiger charge is -2.34. The lowest BCUT2D eigenvalue weighted by Crippen LogP contribution is -2.48. The van der Waals surface area contributed by atoms with Crippen LogP contribution in [-0.4, -0.2) is 36.0 Å². The Kier molecular flexibility index (Phi) is 5.23. The van der Waals surface area contributed by atoms with Crippen LogP contribution in [-0.2, 0) is 9.53 Å². The molecule has 0 saturated carbocycles. The number of likely N-dealkylation sites (tertiary alicyclic amines) is 1. The van der Waals surface area contributed by atoms with E-state index in [2.05, 4.69) is 0 Å². The summed E-state index contributed by atoms with van der Waals surface area (Å²) in [6.07, 6.45) is 2.49. The molecule has 5 heteroatoms. The van der Waals surface area contributed by atoms with Gasteiger partial charge in [-0.25, -0.2) is 4.79 Å². The van der Waals surface area contributed by atoms with Gasteiger partial charge in [0, 0.05) is 17.1 Å². The average molecular weight is 310 g/mol. The Morgan fingerprint density at radius 1 is 1.38 bits per heavy atom. The number of piperidine rings is 1. The van der Waals surface area contributed by atoms with E-state index in [1.807, 2.05) is 6.92 Å². The molecule has 1 aliphatic rings. The maximum Gasteiger partial charge on any atom is 0.328 e. The van der Waals surface area contributed by atoms with Crippen LogP contribution in [0.2, 0.25) is 5.02 Å². The summed E-state index contributed by atoms with van der Waals surface area (Å²) in [5.74, 6) is -0.460. The zero-order chi connectivity index (χ0) is 15.4. The van der Waals surface area contributed by atoms with Crippen molar-refractivity contribution in [2.24, 2.45) is 0 Å². The molecule has 1 unspecified atom stereocenters. The molecular formula is C16H20ClNO3. The minimum Gasteiger partial charge on any atom is -0.464 e. The van der Waals surface area contributed by atoms with Crippen LogP contribution in [0.1, 0.15) is 42.1 Å². The van der Waals surface area contributed by atoms with E-state index < -0.39 is 6.04 Å². The Balaban J connectivity index is 2.26. The summed E-state index contributed by atoms with van der Waals surface area (Å²) < 4.78 is 5.09. The van der Waals surface area contributed by atoms with E-state index in [0.717, 1.165) is 18.4 Å². The number of esters is 1. The van der Waals surface area contributed by atoms with Crippen LogP contribution in [0.4, 0.5) is 0 Å². The first-order valence-corrected chi connectivity index (χ1v) is 7.66. The van der Waals surface area contributed by atoms with E-state index in [4.69, 9.17) is 16.3 Å². The molecule has 0 spiro atoms. The number of hydrogen-bond acceptors (Lipinski definition) is 3. The van der Waals surface area contributed by atoms with Gasteiger partial charge in [0.1, 0.15) is 6.04 Å². The second kappa shape index (κ2) is 6.94. The second-order valence-electron chi connectivity index (χ2n) is 5.17. The van der Waals surface area contributed by atoms with Gasteiger partial charge < -0.3 is 9.64 Å². The zero-order valence-electron chi connectivity index (χ0n) is 12.4. The first-order valence-electron chi connectivity index (χ1n) is 7.29. The molecule has 0 N–H and O–H groups in total. The highest BCUT2D eigenvalue weighted by Gasteiger charge is 2.34. The Hall–Kier alpha value is -1.55. The Bertz CT molecular complexity index is 544. The van der Waals surface area contributed by atoms with Gasteiger partial charge in [-0.1, -0.05) is 17.7 Å². The van der Waals surface area contributed by atoms with E-state index in [-0.39, 0.29) is 11.9 Å². The van der Waals surface area contributed by atoms with Crippen LogP contribution in [0.25, 0.3) is 0 Å². The van der Waals surface area contributed by atoms with Gasteiger partial charge in [0.25, 0.3) is 5.91 Å². The number of amides is 1. The van der Waals surface area contributed by atoms with E-state index in [0.29, 0.717) is 30.2 Å². The lowest BCUT2D eigenvalue weighted by molar-refractivity contribution is -0.149. The maximum atomic E-state index is 12.8. The van der Waals surface area contributed by atoms with Gasteiger partial charge in [0.2, 0.25) is 0 Å². The Morgan fingerprint density at radius 3 is 2.86 bits per heavy atom. The van der Waals surface area contributed by atoms with Crippen LogP contribution >= 0.6 is 11.6 Å². The quantitative estimate of drug-likeness (QED) is 0.806. The molecule has 0 bridgehead atoms. The molecule has 2 rings (SSSR count). The number of hydrogen-bond donors (Lipinski definition) is 0. The largest absolute Gasteiger partial charge is 0.464 e. The van der Waals surface area contributed by atoms with Crippen molar-refractivity contribution in [1.82, 2.24) is 4.90 Å². The van der Waals surface area contributed by atoms with Crippen molar-refractivity contribution in [2.45, 2.75) is 39.2 Å². The molecular weight excluding hydrogens is 290 g/mol. The van der Waals surface area contributed by atoms with E-state index in [9.17, 15) is 9.59 Å². The van der Waals surface area contributed by atoms with Gasteiger partial charge in [-0.15, -0.1) is 0 Å². The molecule has 1 fully saturated rings. The minimum atomic E-state index is -0.482. The lowest BCUT2D eigenvalue weighted by atomic mass is 9.99. The summed E-state index contributed by atoms with van der Waals surface area (Å²) in [5.41, 5.74) is 1.30. The molecule has 1 amide bonds. The zero-order valence-corrected chi connectivity index (χ0v) is 13.2. The number of carbonyl (C=O) groups excluding carboxylic acids is 2. The third-order valence-corrected chi connectivity index (χ3v) is 4.23. The number of benzene rings is 1. The molecule has 1 heterocycles. The molecule has 0 aliphatic carbocycles. The van der Waals surface area contributed by atoms with Gasteiger partial charge >= 0.3 is 5.97 Å². The Morgan fingerprint density at radius 2 is 2.14 bits per heavy atom. The van der Waals surface area contributed by atoms with Crippen molar-refractivity contribution < 1.29 is 14.3 Å². The molecule has 1 atom stereocenters. The first-order chi connectivity index (χ1) is 10.1. The third kappa shape index (κ3) is 3.38.